The van der Waals surface area contributed by atoms with E-state index < -0.39 is 0 Å². The highest BCUT2D eigenvalue weighted by atomic mass is 35.5. The summed E-state index contributed by atoms with van der Waals surface area (Å²) >= 11 is 5.72. The quantitative estimate of drug-likeness (QED) is 0.890. The Morgan fingerprint density at radius 2 is 2.06 bits per heavy atom. The molecule has 0 aliphatic heterocycles. The maximum Gasteiger partial charge on any atom is 0.134 e. The van der Waals surface area contributed by atoms with Crippen molar-refractivity contribution in [3.8, 4) is 11.3 Å². The van der Waals surface area contributed by atoms with Crippen molar-refractivity contribution >= 4 is 17.4 Å². The molecule has 1 aromatic carbocycles. The zero-order valence-electron chi connectivity index (χ0n) is 9.46. The van der Waals surface area contributed by atoms with Crippen LogP contribution in [0, 0.1) is 12.7 Å². The molecule has 0 unspecified atom stereocenters. The first-order chi connectivity index (χ1) is 8.13. The first kappa shape index (κ1) is 11.8. The van der Waals surface area contributed by atoms with Gasteiger partial charge in [0, 0.05) is 23.2 Å². The normalized spacial score (nSPS) is 10.4. The van der Waals surface area contributed by atoms with E-state index in [9.17, 15) is 4.39 Å². The highest BCUT2D eigenvalue weighted by Crippen LogP contribution is 2.28. The van der Waals surface area contributed by atoms with Crippen molar-refractivity contribution in [1.29, 1.82) is 0 Å². The van der Waals surface area contributed by atoms with Crippen LogP contribution in [0.2, 0.25) is 5.02 Å². The lowest BCUT2D eigenvalue weighted by Crippen LogP contribution is -2.00. The molecule has 0 spiro atoms. The van der Waals surface area contributed by atoms with E-state index in [4.69, 9.17) is 11.6 Å². The van der Waals surface area contributed by atoms with Gasteiger partial charge in [0.15, 0.2) is 0 Å². The molecule has 2 rings (SSSR count). The van der Waals surface area contributed by atoms with Crippen LogP contribution < -0.4 is 5.32 Å². The zero-order chi connectivity index (χ0) is 12.4. The maximum absolute atomic E-state index is 13.8. The van der Waals surface area contributed by atoms with Crippen molar-refractivity contribution in [3.05, 3.63) is 40.9 Å². The van der Waals surface area contributed by atoms with E-state index in [0.29, 0.717) is 22.1 Å². The molecular weight excluding hydrogens is 241 g/mol. The second-order valence-electron chi connectivity index (χ2n) is 3.57. The van der Waals surface area contributed by atoms with Crippen LogP contribution in [0.1, 0.15) is 5.56 Å². The summed E-state index contributed by atoms with van der Waals surface area (Å²) in [5.74, 6) is 0.297. The van der Waals surface area contributed by atoms with Crippen molar-refractivity contribution < 1.29 is 4.39 Å². The summed E-state index contributed by atoms with van der Waals surface area (Å²) in [6, 6.07) is 4.53. The molecule has 0 atom stereocenters. The number of rotatable bonds is 2. The van der Waals surface area contributed by atoms with E-state index in [2.05, 4.69) is 15.3 Å². The number of aromatic nitrogens is 2. The summed E-state index contributed by atoms with van der Waals surface area (Å²) in [7, 11) is 1.76. The van der Waals surface area contributed by atoms with Gasteiger partial charge in [-0.25, -0.2) is 14.4 Å². The average Bonchev–Trinajstić information content (AvgIpc) is 2.30. The first-order valence-electron chi connectivity index (χ1n) is 5.08. The second-order valence-corrected chi connectivity index (χ2v) is 4.01. The molecule has 88 valence electrons. The third-order valence-corrected chi connectivity index (χ3v) is 2.74. The van der Waals surface area contributed by atoms with Crippen LogP contribution in [0.15, 0.2) is 24.5 Å². The standard InChI is InChI=1S/C12H11ClFN3/c1-7-11(16-6-17-12(7)15-2)9-4-3-8(13)5-10(9)14/h3-6H,1-2H3,(H,15,16,17). The Kier molecular flexibility index (Phi) is 3.24. The van der Waals surface area contributed by atoms with Crippen molar-refractivity contribution in [2.45, 2.75) is 6.92 Å². The molecular formula is C12H11ClFN3. The summed E-state index contributed by atoms with van der Waals surface area (Å²) in [4.78, 5) is 8.17. The molecule has 0 bridgehead atoms. The molecule has 0 amide bonds. The fourth-order valence-electron chi connectivity index (χ4n) is 1.66. The third-order valence-electron chi connectivity index (χ3n) is 2.51. The van der Waals surface area contributed by atoms with Gasteiger partial charge in [0.25, 0.3) is 0 Å². The second kappa shape index (κ2) is 4.67. The molecule has 1 aromatic heterocycles. The van der Waals surface area contributed by atoms with Gasteiger partial charge in [0.2, 0.25) is 0 Å². The molecule has 0 saturated heterocycles. The molecule has 5 heteroatoms. The van der Waals surface area contributed by atoms with Crippen molar-refractivity contribution in [3.63, 3.8) is 0 Å². The number of nitrogens with one attached hydrogen (secondary N) is 1. The minimum Gasteiger partial charge on any atom is -0.373 e. The van der Waals surface area contributed by atoms with Crippen LogP contribution in [-0.4, -0.2) is 17.0 Å². The first-order valence-corrected chi connectivity index (χ1v) is 5.46. The number of halogens is 2. The summed E-state index contributed by atoms with van der Waals surface area (Å²) < 4.78 is 13.8. The van der Waals surface area contributed by atoms with E-state index in [1.807, 2.05) is 6.92 Å². The third kappa shape index (κ3) is 2.22. The summed E-state index contributed by atoms with van der Waals surface area (Å²) in [6.07, 6.45) is 1.40. The predicted molar refractivity (Wildman–Crippen MR) is 66.7 cm³/mol. The van der Waals surface area contributed by atoms with Crippen molar-refractivity contribution in [2.75, 3.05) is 12.4 Å². The van der Waals surface area contributed by atoms with Gasteiger partial charge in [-0.2, -0.15) is 0 Å². The molecule has 3 nitrogen and oxygen atoms in total. The Balaban J connectivity index is 2.60. The number of benzene rings is 1. The van der Waals surface area contributed by atoms with Crippen molar-refractivity contribution in [1.82, 2.24) is 9.97 Å². The predicted octanol–water partition coefficient (Wildman–Crippen LogP) is 3.29. The van der Waals surface area contributed by atoms with E-state index >= 15 is 0 Å². The van der Waals surface area contributed by atoms with E-state index in [-0.39, 0.29) is 5.82 Å². The molecule has 0 radical (unpaired) electrons. The lowest BCUT2D eigenvalue weighted by atomic mass is 10.1. The molecule has 17 heavy (non-hydrogen) atoms. The topological polar surface area (TPSA) is 37.8 Å². The molecule has 0 fully saturated rings. The van der Waals surface area contributed by atoms with Crippen molar-refractivity contribution in [2.24, 2.45) is 0 Å². The Hall–Kier alpha value is -1.68. The Morgan fingerprint density at radius 1 is 1.29 bits per heavy atom. The molecule has 1 N–H and O–H groups in total. The van der Waals surface area contributed by atoms with E-state index in [0.717, 1.165) is 5.56 Å². The van der Waals surface area contributed by atoms with Gasteiger partial charge in [0.1, 0.15) is 18.0 Å². The van der Waals surface area contributed by atoms with E-state index in [1.54, 1.807) is 19.2 Å². The van der Waals surface area contributed by atoms with Gasteiger partial charge in [-0.05, 0) is 25.1 Å². The molecule has 1 heterocycles. The Morgan fingerprint density at radius 3 is 2.71 bits per heavy atom. The minimum absolute atomic E-state index is 0.367. The average molecular weight is 252 g/mol. The SMILES string of the molecule is CNc1ncnc(-c2ccc(Cl)cc2F)c1C. The molecule has 0 aliphatic carbocycles. The Bertz CT molecular complexity index is 557. The van der Waals surface area contributed by atoms with Crippen LogP contribution in [0.5, 0.6) is 0 Å². The maximum atomic E-state index is 13.8. The molecule has 2 aromatic rings. The summed E-state index contributed by atoms with van der Waals surface area (Å²) in [5, 5.41) is 3.30. The summed E-state index contributed by atoms with van der Waals surface area (Å²) in [5.41, 5.74) is 1.79. The number of anilines is 1. The van der Waals surface area contributed by atoms with Gasteiger partial charge in [0.05, 0.1) is 5.69 Å². The number of hydrogen-bond acceptors (Lipinski definition) is 3. The lowest BCUT2D eigenvalue weighted by Gasteiger charge is -2.09. The monoisotopic (exact) mass is 251 g/mol. The molecule has 0 aliphatic rings. The molecule has 0 saturated carbocycles. The van der Waals surface area contributed by atoms with Gasteiger partial charge >= 0.3 is 0 Å². The highest BCUT2D eigenvalue weighted by Gasteiger charge is 2.12. The summed E-state index contributed by atoms with van der Waals surface area (Å²) in [6.45, 7) is 1.84. The van der Waals surface area contributed by atoms with Crippen LogP contribution in [-0.2, 0) is 0 Å². The smallest absolute Gasteiger partial charge is 0.134 e. The lowest BCUT2D eigenvalue weighted by molar-refractivity contribution is 0.630. The fourth-order valence-corrected chi connectivity index (χ4v) is 1.81. The fraction of sp³-hybridized carbons (Fsp3) is 0.167. The minimum atomic E-state index is -0.388. The van der Waals surface area contributed by atoms with Crippen LogP contribution in [0.4, 0.5) is 10.2 Å². The van der Waals surface area contributed by atoms with E-state index in [1.165, 1.54) is 12.4 Å². The van der Waals surface area contributed by atoms with Crippen LogP contribution in [0.25, 0.3) is 11.3 Å². The Labute approximate surface area is 104 Å². The number of hydrogen-bond donors (Lipinski definition) is 1. The van der Waals surface area contributed by atoms with Gasteiger partial charge in [-0.3, -0.25) is 0 Å². The zero-order valence-corrected chi connectivity index (χ0v) is 10.2. The number of nitrogens with zero attached hydrogens (tertiary/aromatic N) is 2. The highest BCUT2D eigenvalue weighted by molar-refractivity contribution is 6.30. The van der Waals surface area contributed by atoms with Gasteiger partial charge in [-0.15, -0.1) is 0 Å². The van der Waals surface area contributed by atoms with Gasteiger partial charge < -0.3 is 5.32 Å². The van der Waals surface area contributed by atoms with Crippen LogP contribution in [0.3, 0.4) is 0 Å². The van der Waals surface area contributed by atoms with Crippen LogP contribution >= 0.6 is 11.6 Å². The largest absolute Gasteiger partial charge is 0.373 e. The van der Waals surface area contributed by atoms with Gasteiger partial charge in [-0.1, -0.05) is 11.6 Å².